The third kappa shape index (κ3) is 13.5. The van der Waals surface area contributed by atoms with E-state index in [1.54, 1.807) is 0 Å². The summed E-state index contributed by atoms with van der Waals surface area (Å²) < 4.78 is 0. The average Bonchev–Trinajstić information content (AvgIpc) is 1.53. The van der Waals surface area contributed by atoms with E-state index < -0.39 is 0 Å². The Balaban J connectivity index is 0.00000155. The van der Waals surface area contributed by atoms with Crippen LogP contribution in [-0.4, -0.2) is 4.98 Å². The van der Waals surface area contributed by atoms with Gasteiger partial charge in [-0.25, -0.2) is 0 Å². The number of rotatable bonds is 19. The highest BCUT2D eigenvalue weighted by molar-refractivity contribution is 5.94. The Morgan fingerprint density at radius 2 is 0.596 bits per heavy atom. The third-order valence-corrected chi connectivity index (χ3v) is 16.7. The summed E-state index contributed by atoms with van der Waals surface area (Å²) >= 11 is 0. The molecule has 13 aromatic rings. The van der Waals surface area contributed by atoms with Crippen molar-refractivity contribution in [3.63, 3.8) is 0 Å². The maximum atomic E-state index is 3.86. The van der Waals surface area contributed by atoms with Gasteiger partial charge in [-0.2, -0.15) is 0 Å². The molecule has 0 fully saturated rings. The van der Waals surface area contributed by atoms with Crippen LogP contribution in [0.25, 0.3) is 17.0 Å². The maximum Gasteiger partial charge on any atom is 0.0469 e. The maximum absolute atomic E-state index is 3.86. The number of hydrogen-bond donors (Lipinski definition) is 1. The van der Waals surface area contributed by atoms with Crippen LogP contribution in [0.3, 0.4) is 0 Å². The first-order valence-electron chi connectivity index (χ1n) is 32.4. The van der Waals surface area contributed by atoms with E-state index in [1.807, 2.05) is 6.92 Å². The van der Waals surface area contributed by atoms with Crippen LogP contribution in [0.2, 0.25) is 0 Å². The van der Waals surface area contributed by atoms with Gasteiger partial charge in [-0.3, -0.25) is 0 Å². The molecule has 12 aromatic carbocycles. The smallest absolute Gasteiger partial charge is 0.0469 e. The molecule has 1 aliphatic rings. The molecule has 1 aromatic heterocycles. The highest BCUT2D eigenvalue weighted by atomic mass is 15.2. The van der Waals surface area contributed by atoms with E-state index in [4.69, 9.17) is 0 Å². The van der Waals surface area contributed by atoms with Crippen LogP contribution in [0.5, 0.6) is 0 Å². The van der Waals surface area contributed by atoms with Gasteiger partial charge in [-0.1, -0.05) is 159 Å². The van der Waals surface area contributed by atoms with Crippen molar-refractivity contribution in [1.29, 1.82) is 0 Å². The molecular formula is C87H75N7. The van der Waals surface area contributed by atoms with Gasteiger partial charge >= 0.3 is 0 Å². The summed E-state index contributed by atoms with van der Waals surface area (Å²) in [5.74, 6) is 0. The summed E-state index contributed by atoms with van der Waals surface area (Å²) in [4.78, 5) is 17.8. The standard InChI is InChI=1S/C82H65N7.C5H10/c1-2-60-84(62-24-10-3-11-25-62)63-38-40-75(41-39-63)89(76-52-50-72(51-53-76)87(68-34-20-8-21-35-68)69-36-22-9-23-37-69)78-56-59-82-80(61-78)79-57-54-77(55-58-81(79)83-82)88(73-46-42-70(43-47-73)85(64-26-12-4-13-27-64)65-28-14-5-15-29-65)74-48-44-71(45-49-74)86(66-30-16-6-17-31-66)67-32-18-7-19-33-67;1-3-5-4-2/h2-56,58-61,83H,57H2,1H3;3,5H,4H2,1-2H3/b60-2+;5-3-. The number of para-hydroxylation sites is 7. The molecule has 1 N–H and O–H groups in total. The minimum absolute atomic E-state index is 0.692. The van der Waals surface area contributed by atoms with Crippen molar-refractivity contribution < 1.29 is 0 Å². The summed E-state index contributed by atoms with van der Waals surface area (Å²) in [7, 11) is 0. The molecule has 0 bridgehead atoms. The van der Waals surface area contributed by atoms with E-state index in [2.05, 4.69) is 418 Å². The Morgan fingerprint density at radius 3 is 0.915 bits per heavy atom. The molecule has 7 nitrogen and oxygen atoms in total. The molecule has 0 radical (unpaired) electrons. The number of nitrogens with one attached hydrogen (secondary N) is 1. The first-order chi connectivity index (χ1) is 46.5. The van der Waals surface area contributed by atoms with Gasteiger partial charge in [-0.05, 0) is 245 Å². The third-order valence-electron chi connectivity index (χ3n) is 16.7. The van der Waals surface area contributed by atoms with Crippen molar-refractivity contribution in [2.75, 3.05) is 29.4 Å². The first kappa shape index (κ1) is 60.8. The Labute approximate surface area is 553 Å². The predicted octanol–water partition coefficient (Wildman–Crippen LogP) is 25.0. The fourth-order valence-electron chi connectivity index (χ4n) is 12.4. The van der Waals surface area contributed by atoms with E-state index in [-0.39, 0.29) is 0 Å². The lowest BCUT2D eigenvalue weighted by atomic mass is 10.1. The van der Waals surface area contributed by atoms with Crippen LogP contribution >= 0.6 is 0 Å². The first-order valence-corrected chi connectivity index (χ1v) is 32.4. The molecule has 1 heterocycles. The Morgan fingerprint density at radius 1 is 0.309 bits per heavy atom. The van der Waals surface area contributed by atoms with Gasteiger partial charge in [0.15, 0.2) is 0 Å². The number of anilines is 16. The average molecular weight is 1220 g/mol. The lowest BCUT2D eigenvalue weighted by molar-refractivity contribution is 1.17. The van der Waals surface area contributed by atoms with Gasteiger partial charge in [0, 0.05) is 119 Å². The summed E-state index contributed by atoms with van der Waals surface area (Å²) in [6, 6.07) is 117. The van der Waals surface area contributed by atoms with Crippen molar-refractivity contribution >= 4 is 108 Å². The number of fused-ring (bicyclic) bond motifs is 3. The minimum atomic E-state index is 0.692. The SMILES string of the molecule is C/C=C/N(c1ccccc1)c1ccc(N(c2ccc(N(c3ccccc3)c3ccccc3)cc2)c2ccc3[nH]c4c(c3c2)CC=C(N(c2ccc(N(c3ccccc3)c3ccccc3)cc2)c2ccc(N(c3ccccc3)c3ccccc3)cc2)C=C4)cc1.C/C=C\CC. The second kappa shape index (κ2) is 29.3. The lowest BCUT2D eigenvalue weighted by Crippen LogP contribution is -2.16. The summed E-state index contributed by atoms with van der Waals surface area (Å²) in [5.41, 5.74) is 21.6. The van der Waals surface area contributed by atoms with Gasteiger partial charge in [0.05, 0.1) is 0 Å². The molecule has 0 atom stereocenters. The van der Waals surface area contributed by atoms with E-state index in [1.165, 1.54) is 10.9 Å². The summed E-state index contributed by atoms with van der Waals surface area (Å²) in [5, 5.41) is 1.17. The summed E-state index contributed by atoms with van der Waals surface area (Å²) in [6.07, 6.45) is 17.1. The topological polar surface area (TPSA) is 35.2 Å². The Kier molecular flexibility index (Phi) is 18.9. The van der Waals surface area contributed by atoms with E-state index >= 15 is 0 Å². The zero-order valence-electron chi connectivity index (χ0n) is 53.3. The van der Waals surface area contributed by atoms with Gasteiger partial charge in [0.1, 0.15) is 0 Å². The highest BCUT2D eigenvalue weighted by Crippen LogP contribution is 2.44. The quantitative estimate of drug-likeness (QED) is 0.0813. The molecule has 0 unspecified atom stereocenters. The van der Waals surface area contributed by atoms with Crippen LogP contribution in [0, 0.1) is 0 Å². The molecule has 0 amide bonds. The predicted molar refractivity (Wildman–Crippen MR) is 401 cm³/mol. The molecule has 0 saturated carbocycles. The number of benzene rings is 12. The number of hydrogen-bond acceptors (Lipinski definition) is 6. The lowest BCUT2D eigenvalue weighted by Gasteiger charge is -2.30. The largest absolute Gasteiger partial charge is 0.355 e. The van der Waals surface area contributed by atoms with E-state index in [0.717, 1.165) is 114 Å². The monoisotopic (exact) mass is 1220 g/mol. The zero-order chi connectivity index (χ0) is 63.8. The number of allylic oxidation sites excluding steroid dienone is 5. The fraction of sp³-hybridized carbons (Fsp3) is 0.0575. The zero-order valence-corrected chi connectivity index (χ0v) is 53.3. The number of aromatic amines is 1. The molecule has 0 aliphatic heterocycles. The molecule has 0 saturated heterocycles. The number of H-pyrrole nitrogens is 1. The van der Waals surface area contributed by atoms with Crippen molar-refractivity contribution in [2.45, 2.75) is 33.6 Å². The Bertz CT molecular complexity index is 4410. The second-order valence-corrected chi connectivity index (χ2v) is 22.8. The molecule has 0 spiro atoms. The van der Waals surface area contributed by atoms with Crippen LogP contribution in [-0.2, 0) is 6.42 Å². The highest BCUT2D eigenvalue weighted by Gasteiger charge is 2.23. The molecule has 7 heteroatoms. The number of aromatic nitrogens is 1. The molecule has 94 heavy (non-hydrogen) atoms. The molecule has 14 rings (SSSR count). The molecular weight excluding hydrogens is 1140 g/mol. The van der Waals surface area contributed by atoms with Crippen LogP contribution in [0.4, 0.5) is 91.0 Å². The van der Waals surface area contributed by atoms with Crippen LogP contribution in [0.1, 0.15) is 38.4 Å². The van der Waals surface area contributed by atoms with Crippen LogP contribution < -0.4 is 29.4 Å². The van der Waals surface area contributed by atoms with Gasteiger partial charge < -0.3 is 34.4 Å². The normalized spacial score (nSPS) is 11.7. The van der Waals surface area contributed by atoms with Crippen LogP contribution in [0.15, 0.2) is 370 Å². The molecule has 1 aliphatic carbocycles. The van der Waals surface area contributed by atoms with Crippen molar-refractivity contribution in [1.82, 2.24) is 4.98 Å². The Hall–Kier alpha value is -12.1. The van der Waals surface area contributed by atoms with Gasteiger partial charge in [-0.15, -0.1) is 0 Å². The number of nitrogens with zero attached hydrogens (tertiary/aromatic N) is 6. The van der Waals surface area contributed by atoms with Gasteiger partial charge in [0.2, 0.25) is 0 Å². The minimum Gasteiger partial charge on any atom is -0.355 e. The van der Waals surface area contributed by atoms with Crippen molar-refractivity contribution in [3.05, 3.63) is 381 Å². The van der Waals surface area contributed by atoms with Gasteiger partial charge in [0.25, 0.3) is 0 Å². The second-order valence-electron chi connectivity index (χ2n) is 22.8. The van der Waals surface area contributed by atoms with Crippen molar-refractivity contribution in [2.24, 2.45) is 0 Å². The van der Waals surface area contributed by atoms with E-state index in [0.29, 0.717) is 6.42 Å². The fourth-order valence-corrected chi connectivity index (χ4v) is 12.4. The summed E-state index contributed by atoms with van der Waals surface area (Å²) in [6.45, 7) is 6.22. The molecule has 458 valence electrons. The van der Waals surface area contributed by atoms with E-state index in [9.17, 15) is 0 Å². The van der Waals surface area contributed by atoms with Crippen molar-refractivity contribution in [3.8, 4) is 0 Å².